The minimum Gasteiger partial charge on any atom is -0.279 e. The van der Waals surface area contributed by atoms with Gasteiger partial charge in [-0.2, -0.15) is 0 Å². The number of Topliss-reactive ketones (excluding diaryl/α,β-unsaturated/α-hetero) is 1. The van der Waals surface area contributed by atoms with Crippen LogP contribution in [0.3, 0.4) is 0 Å². The van der Waals surface area contributed by atoms with E-state index in [1.54, 1.807) is 30.5 Å². The number of aromatic nitrogens is 1. The summed E-state index contributed by atoms with van der Waals surface area (Å²) in [5, 5.41) is 0. The van der Waals surface area contributed by atoms with Gasteiger partial charge < -0.3 is 0 Å². The van der Waals surface area contributed by atoms with Crippen LogP contribution in [0.2, 0.25) is 4.34 Å². The Morgan fingerprint density at radius 1 is 1.38 bits per heavy atom. The molecule has 4 heteroatoms. The van der Waals surface area contributed by atoms with Crippen molar-refractivity contribution in [2.45, 2.75) is 0 Å². The van der Waals surface area contributed by atoms with Gasteiger partial charge in [-0.1, -0.05) is 11.6 Å². The molecule has 0 aliphatic carbocycles. The molecule has 0 saturated carbocycles. The minimum atomic E-state index is -0.238. The number of rotatable bonds is 1. The van der Waals surface area contributed by atoms with Crippen LogP contribution in [-0.4, -0.2) is 10.8 Å². The molecule has 0 amide bonds. The number of hydrogen-bond donors (Lipinski definition) is 0. The minimum absolute atomic E-state index is 0.238. The van der Waals surface area contributed by atoms with E-state index in [9.17, 15) is 4.79 Å². The quantitative estimate of drug-likeness (QED) is 0.573. The van der Waals surface area contributed by atoms with Gasteiger partial charge in [0.05, 0.1) is 9.21 Å². The molecule has 0 N–H and O–H groups in total. The molecule has 0 aliphatic heterocycles. The standard InChI is InChI=1S/C12H6ClNOS/c13-12-6-4-10(16-12)3-5-11(15)9-2-1-7-14-8-9/h1-2,4,6-8H. The van der Waals surface area contributed by atoms with Crippen molar-refractivity contribution >= 4 is 28.7 Å². The van der Waals surface area contributed by atoms with E-state index in [4.69, 9.17) is 11.6 Å². The normalized spacial score (nSPS) is 9.31. The molecule has 0 radical (unpaired) electrons. The molecule has 78 valence electrons. The first-order valence-corrected chi connectivity index (χ1v) is 5.67. The van der Waals surface area contributed by atoms with Crippen LogP contribution in [0.5, 0.6) is 0 Å². The first-order chi connectivity index (χ1) is 7.75. The third-order valence-electron chi connectivity index (χ3n) is 1.80. The number of carbonyl (C=O) groups is 1. The van der Waals surface area contributed by atoms with E-state index in [1.807, 2.05) is 0 Å². The van der Waals surface area contributed by atoms with Crippen LogP contribution >= 0.6 is 22.9 Å². The summed E-state index contributed by atoms with van der Waals surface area (Å²) in [5.41, 5.74) is 0.498. The molecule has 0 fully saturated rings. The van der Waals surface area contributed by atoms with Gasteiger partial charge in [0.15, 0.2) is 0 Å². The Morgan fingerprint density at radius 2 is 2.25 bits per heavy atom. The lowest BCUT2D eigenvalue weighted by Crippen LogP contribution is -1.94. The third kappa shape index (κ3) is 2.69. The Kier molecular flexibility index (Phi) is 3.35. The number of nitrogens with zero attached hydrogens (tertiary/aromatic N) is 1. The second kappa shape index (κ2) is 4.93. The lowest BCUT2D eigenvalue weighted by molar-refractivity contribution is 0.105. The Hall–Kier alpha value is -1.63. The number of carbonyl (C=O) groups excluding carboxylic acids is 1. The van der Waals surface area contributed by atoms with Crippen molar-refractivity contribution in [1.82, 2.24) is 4.98 Å². The zero-order chi connectivity index (χ0) is 11.4. The van der Waals surface area contributed by atoms with Gasteiger partial charge >= 0.3 is 0 Å². The highest BCUT2D eigenvalue weighted by Gasteiger charge is 2.00. The molecule has 2 nitrogen and oxygen atoms in total. The molecule has 2 rings (SSSR count). The maximum atomic E-state index is 11.6. The second-order valence-electron chi connectivity index (χ2n) is 2.92. The molecule has 0 bridgehead atoms. The van der Waals surface area contributed by atoms with Crippen molar-refractivity contribution in [3.05, 3.63) is 51.4 Å². The largest absolute Gasteiger partial charge is 0.279 e. The van der Waals surface area contributed by atoms with Gasteiger partial charge in [0, 0.05) is 18.0 Å². The smallest absolute Gasteiger partial charge is 0.237 e. The van der Waals surface area contributed by atoms with Crippen molar-refractivity contribution in [2.75, 3.05) is 0 Å². The van der Waals surface area contributed by atoms with E-state index in [0.29, 0.717) is 9.90 Å². The second-order valence-corrected chi connectivity index (χ2v) is 4.64. The van der Waals surface area contributed by atoms with Crippen LogP contribution < -0.4 is 0 Å². The maximum absolute atomic E-state index is 11.6. The Balaban J connectivity index is 2.17. The zero-order valence-corrected chi connectivity index (χ0v) is 9.68. The molecule has 0 spiro atoms. The maximum Gasteiger partial charge on any atom is 0.237 e. The lowest BCUT2D eigenvalue weighted by atomic mass is 10.2. The van der Waals surface area contributed by atoms with E-state index in [1.165, 1.54) is 17.5 Å². The van der Waals surface area contributed by atoms with Crippen LogP contribution in [0.25, 0.3) is 0 Å². The van der Waals surface area contributed by atoms with E-state index in [-0.39, 0.29) is 5.78 Å². The summed E-state index contributed by atoms with van der Waals surface area (Å²) in [6.07, 6.45) is 3.11. The highest BCUT2D eigenvalue weighted by Crippen LogP contribution is 2.20. The fourth-order valence-corrected chi connectivity index (χ4v) is 1.97. The Morgan fingerprint density at radius 3 is 2.88 bits per heavy atom. The monoisotopic (exact) mass is 247 g/mol. The predicted octanol–water partition coefficient (Wildman–Crippen LogP) is 3.03. The fraction of sp³-hybridized carbons (Fsp3) is 0. The number of ketones is 1. The molecular weight excluding hydrogens is 242 g/mol. The molecule has 0 aromatic carbocycles. The van der Waals surface area contributed by atoms with Crippen molar-refractivity contribution in [3.63, 3.8) is 0 Å². The van der Waals surface area contributed by atoms with Crippen LogP contribution in [-0.2, 0) is 0 Å². The molecule has 16 heavy (non-hydrogen) atoms. The third-order valence-corrected chi connectivity index (χ3v) is 2.94. The molecule has 2 aromatic rings. The van der Waals surface area contributed by atoms with Gasteiger partial charge in [-0.05, 0) is 36.1 Å². The number of pyridine rings is 1. The van der Waals surface area contributed by atoms with Crippen molar-refractivity contribution in [1.29, 1.82) is 0 Å². The number of halogens is 1. The summed E-state index contributed by atoms with van der Waals surface area (Å²) >= 11 is 7.10. The van der Waals surface area contributed by atoms with Gasteiger partial charge in [-0.3, -0.25) is 9.78 Å². The van der Waals surface area contributed by atoms with Crippen molar-refractivity contribution in [3.8, 4) is 11.8 Å². The van der Waals surface area contributed by atoms with Crippen molar-refractivity contribution < 1.29 is 4.79 Å². The first-order valence-electron chi connectivity index (χ1n) is 4.47. The number of thiophene rings is 1. The van der Waals surface area contributed by atoms with Crippen LogP contribution in [0.4, 0.5) is 0 Å². The summed E-state index contributed by atoms with van der Waals surface area (Å²) in [6.45, 7) is 0. The van der Waals surface area contributed by atoms with E-state index in [2.05, 4.69) is 16.8 Å². The lowest BCUT2D eigenvalue weighted by Gasteiger charge is -1.89. The molecule has 0 saturated heterocycles. The van der Waals surface area contributed by atoms with Crippen LogP contribution in [0.1, 0.15) is 15.2 Å². The predicted molar refractivity (Wildman–Crippen MR) is 64.8 cm³/mol. The zero-order valence-electron chi connectivity index (χ0n) is 8.11. The Labute approximate surface area is 102 Å². The summed E-state index contributed by atoms with van der Waals surface area (Å²) in [5.74, 6) is 5.08. The summed E-state index contributed by atoms with van der Waals surface area (Å²) in [7, 11) is 0. The SMILES string of the molecule is O=C(C#Cc1ccc(Cl)s1)c1cccnc1. The van der Waals surface area contributed by atoms with E-state index in [0.717, 1.165) is 4.88 Å². The Bertz CT molecular complexity index is 565. The fourth-order valence-electron chi connectivity index (χ4n) is 1.07. The van der Waals surface area contributed by atoms with Gasteiger partial charge in [-0.25, -0.2) is 0 Å². The first kappa shape index (κ1) is 10.9. The van der Waals surface area contributed by atoms with Gasteiger partial charge in [0.1, 0.15) is 0 Å². The van der Waals surface area contributed by atoms with Crippen LogP contribution in [0, 0.1) is 11.8 Å². The summed E-state index contributed by atoms with van der Waals surface area (Å²) < 4.78 is 0.665. The molecule has 2 aromatic heterocycles. The molecular formula is C12H6ClNOS. The van der Waals surface area contributed by atoms with Gasteiger partial charge in [0.2, 0.25) is 5.78 Å². The number of hydrogen-bond acceptors (Lipinski definition) is 3. The van der Waals surface area contributed by atoms with E-state index >= 15 is 0 Å². The topological polar surface area (TPSA) is 30.0 Å². The molecule has 0 atom stereocenters. The average molecular weight is 248 g/mol. The molecule has 0 aliphatic rings. The highest BCUT2D eigenvalue weighted by molar-refractivity contribution is 7.16. The molecule has 0 unspecified atom stereocenters. The van der Waals surface area contributed by atoms with Gasteiger partial charge in [0.25, 0.3) is 0 Å². The highest BCUT2D eigenvalue weighted by atomic mass is 35.5. The summed E-state index contributed by atoms with van der Waals surface area (Å²) in [6, 6.07) is 6.93. The van der Waals surface area contributed by atoms with Crippen LogP contribution in [0.15, 0.2) is 36.7 Å². The van der Waals surface area contributed by atoms with E-state index < -0.39 is 0 Å². The summed E-state index contributed by atoms with van der Waals surface area (Å²) in [4.78, 5) is 16.2. The van der Waals surface area contributed by atoms with Crippen molar-refractivity contribution in [2.24, 2.45) is 0 Å². The average Bonchev–Trinajstić information content (AvgIpc) is 2.73. The molecule has 2 heterocycles. The van der Waals surface area contributed by atoms with Gasteiger partial charge in [-0.15, -0.1) is 11.3 Å².